The van der Waals surface area contributed by atoms with Crippen LogP contribution < -0.4 is 9.64 Å². The second-order valence-electron chi connectivity index (χ2n) is 4.17. The van der Waals surface area contributed by atoms with E-state index < -0.39 is 0 Å². The summed E-state index contributed by atoms with van der Waals surface area (Å²) in [6.07, 6.45) is 2.91. The first-order chi connectivity index (χ1) is 8.33. The van der Waals surface area contributed by atoms with Crippen LogP contribution in [-0.4, -0.2) is 54.7 Å². The van der Waals surface area contributed by atoms with Crippen LogP contribution in [0.25, 0.3) is 0 Å². The highest BCUT2D eigenvalue weighted by Gasteiger charge is 2.16. The lowest BCUT2D eigenvalue weighted by Crippen LogP contribution is -2.31. The Morgan fingerprint density at radius 1 is 1.29 bits per heavy atom. The van der Waals surface area contributed by atoms with Gasteiger partial charge in [0.25, 0.3) is 0 Å². The number of hydrogen-bond donors (Lipinski definition) is 0. The Labute approximate surface area is 102 Å². The average Bonchev–Trinajstić information content (AvgIpc) is 2.64. The van der Waals surface area contributed by atoms with Crippen LogP contribution in [0.1, 0.15) is 13.3 Å². The Kier molecular flexibility index (Phi) is 4.14. The van der Waals surface area contributed by atoms with Crippen LogP contribution in [0.5, 0.6) is 5.88 Å². The number of nitrogens with zero attached hydrogens (tertiary/aromatic N) is 4. The zero-order valence-corrected chi connectivity index (χ0v) is 10.6. The molecule has 1 aliphatic rings. The van der Waals surface area contributed by atoms with Crippen molar-refractivity contribution in [2.75, 3.05) is 44.7 Å². The average molecular weight is 236 g/mol. The second-order valence-corrected chi connectivity index (χ2v) is 4.17. The van der Waals surface area contributed by atoms with Gasteiger partial charge < -0.3 is 14.5 Å². The third-order valence-electron chi connectivity index (χ3n) is 3.15. The molecule has 5 heteroatoms. The molecule has 0 saturated carbocycles. The zero-order valence-electron chi connectivity index (χ0n) is 10.6. The van der Waals surface area contributed by atoms with Crippen LogP contribution in [0, 0.1) is 0 Å². The van der Waals surface area contributed by atoms with Gasteiger partial charge in [-0.15, -0.1) is 0 Å². The Balaban J connectivity index is 2.05. The Morgan fingerprint density at radius 2 is 2.18 bits per heavy atom. The molecule has 1 saturated heterocycles. The van der Waals surface area contributed by atoms with E-state index in [-0.39, 0.29) is 0 Å². The number of anilines is 1. The molecule has 1 fully saturated rings. The van der Waals surface area contributed by atoms with Crippen LogP contribution in [0.4, 0.5) is 5.95 Å². The Morgan fingerprint density at radius 3 is 2.94 bits per heavy atom. The SMILES string of the molecule is CCN1CCCN(c2nccc(OC)n2)CC1. The number of methoxy groups -OCH3 is 1. The summed E-state index contributed by atoms with van der Waals surface area (Å²) in [6.45, 7) is 7.57. The van der Waals surface area contributed by atoms with Gasteiger partial charge in [-0.05, 0) is 19.5 Å². The van der Waals surface area contributed by atoms with E-state index in [1.165, 1.54) is 0 Å². The summed E-state index contributed by atoms with van der Waals surface area (Å²) in [4.78, 5) is 13.4. The summed E-state index contributed by atoms with van der Waals surface area (Å²) in [5.74, 6) is 1.41. The molecule has 0 spiro atoms. The largest absolute Gasteiger partial charge is 0.481 e. The van der Waals surface area contributed by atoms with Crippen molar-refractivity contribution in [1.82, 2.24) is 14.9 Å². The van der Waals surface area contributed by atoms with Gasteiger partial charge in [-0.2, -0.15) is 4.98 Å². The summed E-state index contributed by atoms with van der Waals surface area (Å²) >= 11 is 0. The van der Waals surface area contributed by atoms with Crippen molar-refractivity contribution in [2.24, 2.45) is 0 Å². The molecule has 0 unspecified atom stereocenters. The van der Waals surface area contributed by atoms with Gasteiger partial charge in [-0.25, -0.2) is 4.98 Å². The fraction of sp³-hybridized carbons (Fsp3) is 0.667. The second kappa shape index (κ2) is 5.82. The quantitative estimate of drug-likeness (QED) is 0.783. The van der Waals surface area contributed by atoms with Gasteiger partial charge in [0, 0.05) is 31.9 Å². The highest BCUT2D eigenvalue weighted by molar-refractivity contribution is 5.32. The maximum Gasteiger partial charge on any atom is 0.228 e. The van der Waals surface area contributed by atoms with Crippen LogP contribution >= 0.6 is 0 Å². The summed E-state index contributed by atoms with van der Waals surface area (Å²) in [5.41, 5.74) is 0. The molecule has 0 N–H and O–H groups in total. The Bertz CT molecular complexity index is 358. The van der Waals surface area contributed by atoms with Crippen LogP contribution in [0.2, 0.25) is 0 Å². The predicted molar refractivity (Wildman–Crippen MR) is 67.5 cm³/mol. The van der Waals surface area contributed by atoms with E-state index in [9.17, 15) is 0 Å². The first-order valence-corrected chi connectivity index (χ1v) is 6.18. The Hall–Kier alpha value is -1.36. The van der Waals surface area contributed by atoms with Gasteiger partial charge in [-0.3, -0.25) is 0 Å². The first-order valence-electron chi connectivity index (χ1n) is 6.18. The zero-order chi connectivity index (χ0) is 12.1. The lowest BCUT2D eigenvalue weighted by Gasteiger charge is -2.21. The molecule has 1 aromatic heterocycles. The van der Waals surface area contributed by atoms with E-state index in [0.29, 0.717) is 5.88 Å². The molecule has 5 nitrogen and oxygen atoms in total. The lowest BCUT2D eigenvalue weighted by atomic mass is 10.4. The molecule has 2 rings (SSSR count). The number of hydrogen-bond acceptors (Lipinski definition) is 5. The van der Waals surface area contributed by atoms with Crippen molar-refractivity contribution in [3.8, 4) is 5.88 Å². The van der Waals surface area contributed by atoms with E-state index in [1.807, 2.05) is 0 Å². The minimum atomic E-state index is 0.631. The van der Waals surface area contributed by atoms with Crippen LogP contribution in [0.15, 0.2) is 12.3 Å². The molecule has 0 amide bonds. The number of rotatable bonds is 3. The van der Waals surface area contributed by atoms with E-state index >= 15 is 0 Å². The summed E-state index contributed by atoms with van der Waals surface area (Å²) in [6, 6.07) is 1.78. The van der Waals surface area contributed by atoms with E-state index in [4.69, 9.17) is 4.74 Å². The van der Waals surface area contributed by atoms with E-state index in [1.54, 1.807) is 19.4 Å². The minimum Gasteiger partial charge on any atom is -0.481 e. The fourth-order valence-corrected chi connectivity index (χ4v) is 2.09. The molecule has 0 radical (unpaired) electrons. The van der Waals surface area contributed by atoms with Gasteiger partial charge in [0.1, 0.15) is 0 Å². The van der Waals surface area contributed by atoms with Crippen molar-refractivity contribution in [3.05, 3.63) is 12.3 Å². The maximum absolute atomic E-state index is 5.13. The molecule has 0 aromatic carbocycles. The topological polar surface area (TPSA) is 41.5 Å². The predicted octanol–water partition coefficient (Wildman–Crippen LogP) is 1.02. The number of likely N-dealkylation sites (N-methyl/N-ethyl adjacent to an activating group) is 1. The third-order valence-corrected chi connectivity index (χ3v) is 3.15. The number of aromatic nitrogens is 2. The van der Waals surface area contributed by atoms with Crippen molar-refractivity contribution in [1.29, 1.82) is 0 Å². The van der Waals surface area contributed by atoms with Gasteiger partial charge in [0.05, 0.1) is 7.11 Å². The van der Waals surface area contributed by atoms with Gasteiger partial charge >= 0.3 is 0 Å². The standard InChI is InChI=1S/C12H20N4O/c1-3-15-7-4-8-16(10-9-15)12-13-6-5-11(14-12)17-2/h5-6H,3-4,7-10H2,1-2H3. The summed E-state index contributed by atoms with van der Waals surface area (Å²) < 4.78 is 5.13. The molecule has 2 heterocycles. The molecular weight excluding hydrogens is 216 g/mol. The fourth-order valence-electron chi connectivity index (χ4n) is 2.09. The molecule has 17 heavy (non-hydrogen) atoms. The van der Waals surface area contributed by atoms with Crippen molar-refractivity contribution in [3.63, 3.8) is 0 Å². The van der Waals surface area contributed by atoms with Crippen LogP contribution in [0.3, 0.4) is 0 Å². The molecule has 0 bridgehead atoms. The normalized spacial score (nSPS) is 17.9. The van der Waals surface area contributed by atoms with E-state index in [2.05, 4.69) is 26.7 Å². The molecule has 1 aromatic rings. The lowest BCUT2D eigenvalue weighted by molar-refractivity contribution is 0.310. The van der Waals surface area contributed by atoms with Crippen LogP contribution in [-0.2, 0) is 0 Å². The minimum absolute atomic E-state index is 0.631. The molecule has 0 atom stereocenters. The highest BCUT2D eigenvalue weighted by atomic mass is 16.5. The monoisotopic (exact) mass is 236 g/mol. The highest BCUT2D eigenvalue weighted by Crippen LogP contribution is 2.14. The smallest absolute Gasteiger partial charge is 0.228 e. The molecule has 0 aliphatic carbocycles. The van der Waals surface area contributed by atoms with Gasteiger partial charge in [0.15, 0.2) is 0 Å². The van der Waals surface area contributed by atoms with Gasteiger partial charge in [0.2, 0.25) is 11.8 Å². The van der Waals surface area contributed by atoms with Crippen molar-refractivity contribution < 1.29 is 4.74 Å². The molecule has 94 valence electrons. The maximum atomic E-state index is 5.13. The first kappa shape index (κ1) is 12.1. The van der Waals surface area contributed by atoms with Crippen molar-refractivity contribution >= 4 is 5.95 Å². The third kappa shape index (κ3) is 3.06. The van der Waals surface area contributed by atoms with E-state index in [0.717, 1.165) is 45.1 Å². The van der Waals surface area contributed by atoms with Gasteiger partial charge in [-0.1, -0.05) is 6.92 Å². The number of ether oxygens (including phenoxy) is 1. The molecular formula is C12H20N4O. The summed E-state index contributed by atoms with van der Waals surface area (Å²) in [5, 5.41) is 0. The van der Waals surface area contributed by atoms with Crippen molar-refractivity contribution in [2.45, 2.75) is 13.3 Å². The molecule has 1 aliphatic heterocycles. The summed E-state index contributed by atoms with van der Waals surface area (Å²) in [7, 11) is 1.63.